The summed E-state index contributed by atoms with van der Waals surface area (Å²) in [6, 6.07) is 21.5. The first-order chi connectivity index (χ1) is 17.1. The van der Waals surface area contributed by atoms with Crippen molar-refractivity contribution in [3.05, 3.63) is 66.2 Å². The van der Waals surface area contributed by atoms with E-state index in [-0.39, 0.29) is 0 Å². The summed E-state index contributed by atoms with van der Waals surface area (Å²) in [7, 11) is 5.82. The smallest absolute Gasteiger partial charge is 0.225 e. The summed E-state index contributed by atoms with van der Waals surface area (Å²) in [4.78, 5) is 11.7. The molecular weight excluding hydrogens is 434 g/mol. The number of benzene rings is 3. The van der Waals surface area contributed by atoms with Crippen LogP contribution in [0.3, 0.4) is 0 Å². The van der Waals surface area contributed by atoms with Crippen LogP contribution in [0.25, 0.3) is 21.7 Å². The van der Waals surface area contributed by atoms with Gasteiger partial charge < -0.3 is 20.3 Å². The van der Waals surface area contributed by atoms with Crippen molar-refractivity contribution >= 4 is 33.4 Å². The van der Waals surface area contributed by atoms with Gasteiger partial charge in [0.05, 0.1) is 12.6 Å². The lowest BCUT2D eigenvalue weighted by Gasteiger charge is -2.29. The van der Waals surface area contributed by atoms with Crippen molar-refractivity contribution in [2.24, 2.45) is 5.92 Å². The van der Waals surface area contributed by atoms with Crippen molar-refractivity contribution in [1.29, 1.82) is 0 Å². The molecule has 0 atom stereocenters. The second kappa shape index (κ2) is 10.5. The topological polar surface area (TPSA) is 62.3 Å². The highest BCUT2D eigenvalue weighted by Crippen LogP contribution is 2.29. The number of fused-ring (bicyclic) bond motifs is 2. The van der Waals surface area contributed by atoms with Crippen LogP contribution in [0.5, 0.6) is 5.75 Å². The predicted octanol–water partition coefficient (Wildman–Crippen LogP) is 5.62. The number of aromatic nitrogens is 2. The fourth-order valence-corrected chi connectivity index (χ4v) is 5.16. The Morgan fingerprint density at radius 3 is 2.37 bits per heavy atom. The first-order valence-corrected chi connectivity index (χ1v) is 12.6. The van der Waals surface area contributed by atoms with Crippen LogP contribution in [0.4, 0.5) is 11.8 Å². The maximum Gasteiger partial charge on any atom is 0.225 e. The molecule has 182 valence electrons. The van der Waals surface area contributed by atoms with E-state index in [2.05, 4.69) is 64.1 Å². The van der Waals surface area contributed by atoms with E-state index in [0.717, 1.165) is 54.3 Å². The molecule has 5 rings (SSSR count). The van der Waals surface area contributed by atoms with Crippen molar-refractivity contribution < 1.29 is 4.74 Å². The molecule has 3 aromatic carbocycles. The van der Waals surface area contributed by atoms with Gasteiger partial charge in [-0.05, 0) is 73.2 Å². The lowest BCUT2D eigenvalue weighted by molar-refractivity contribution is 0.322. The maximum atomic E-state index is 5.65. The van der Waals surface area contributed by atoms with Crippen molar-refractivity contribution in [2.45, 2.75) is 38.3 Å². The number of hydrogen-bond acceptors (Lipinski definition) is 6. The Balaban J connectivity index is 1.15. The Morgan fingerprint density at radius 1 is 0.914 bits per heavy atom. The van der Waals surface area contributed by atoms with Gasteiger partial charge in [0, 0.05) is 37.6 Å². The molecule has 35 heavy (non-hydrogen) atoms. The third kappa shape index (κ3) is 5.33. The van der Waals surface area contributed by atoms with Gasteiger partial charge in [-0.3, -0.25) is 0 Å². The SMILES string of the molecule is COc1cc2ccccc2cc1CNC[C@H]1CC[C@@H](Nc2nc(N(C)C)c3ccccc3n2)CC1. The van der Waals surface area contributed by atoms with Gasteiger partial charge in [-0.15, -0.1) is 0 Å². The first-order valence-electron chi connectivity index (χ1n) is 12.6. The van der Waals surface area contributed by atoms with Crippen molar-refractivity contribution in [3.8, 4) is 5.75 Å². The van der Waals surface area contributed by atoms with Gasteiger partial charge in [0.2, 0.25) is 5.95 Å². The fraction of sp³-hybridized carbons (Fsp3) is 0.379. The molecule has 0 unspecified atom stereocenters. The van der Waals surface area contributed by atoms with Gasteiger partial charge in [-0.2, -0.15) is 4.98 Å². The quantitative estimate of drug-likeness (QED) is 0.349. The molecule has 1 aliphatic carbocycles. The van der Waals surface area contributed by atoms with Crippen molar-refractivity contribution in [1.82, 2.24) is 15.3 Å². The van der Waals surface area contributed by atoms with Crippen LogP contribution in [0, 0.1) is 5.92 Å². The van der Waals surface area contributed by atoms with Crippen LogP contribution in [0.2, 0.25) is 0 Å². The molecule has 0 spiro atoms. The Labute approximate surface area is 207 Å². The van der Waals surface area contributed by atoms with Gasteiger partial charge in [0.1, 0.15) is 11.6 Å². The zero-order chi connectivity index (χ0) is 24.2. The first kappa shape index (κ1) is 23.4. The number of methoxy groups -OCH3 is 1. The third-order valence-corrected chi connectivity index (χ3v) is 7.08. The molecule has 1 fully saturated rings. The molecule has 0 bridgehead atoms. The second-order valence-electron chi connectivity index (χ2n) is 9.79. The van der Waals surface area contributed by atoms with Crippen LogP contribution in [-0.2, 0) is 6.54 Å². The zero-order valence-corrected chi connectivity index (χ0v) is 20.9. The van der Waals surface area contributed by atoms with Crippen molar-refractivity contribution in [2.75, 3.05) is 38.0 Å². The lowest BCUT2D eigenvalue weighted by atomic mass is 9.86. The molecule has 0 saturated heterocycles. The minimum atomic E-state index is 0.419. The molecular formula is C29H35N5O. The van der Waals surface area contributed by atoms with Crippen LogP contribution in [-0.4, -0.2) is 43.8 Å². The standard InChI is InChI=1S/C29H35N5O/c1-34(2)28-25-10-6-7-11-26(25)32-29(33-28)31-24-14-12-20(13-15-24)18-30-19-23-16-21-8-4-5-9-22(21)17-27(23)35-3/h4-11,16-17,20,24,30H,12-15,18-19H2,1-3H3,(H,31,32,33)/t20-,24+. The maximum absolute atomic E-state index is 5.65. The molecule has 6 heteroatoms. The van der Waals surface area contributed by atoms with Gasteiger partial charge in [0.25, 0.3) is 0 Å². The highest BCUT2D eigenvalue weighted by Gasteiger charge is 2.22. The molecule has 1 saturated carbocycles. The zero-order valence-electron chi connectivity index (χ0n) is 20.9. The largest absolute Gasteiger partial charge is 0.496 e. The lowest BCUT2D eigenvalue weighted by Crippen LogP contribution is -2.31. The molecule has 0 radical (unpaired) electrons. The molecule has 1 aliphatic rings. The fourth-order valence-electron chi connectivity index (χ4n) is 5.16. The number of anilines is 2. The van der Waals surface area contributed by atoms with E-state index in [1.807, 2.05) is 26.2 Å². The van der Waals surface area contributed by atoms with Gasteiger partial charge in [-0.1, -0.05) is 36.4 Å². The Hall–Kier alpha value is -3.38. The second-order valence-corrected chi connectivity index (χ2v) is 9.79. The molecule has 0 amide bonds. The Kier molecular flexibility index (Phi) is 7.00. The molecule has 1 aromatic heterocycles. The summed E-state index contributed by atoms with van der Waals surface area (Å²) in [5.74, 6) is 3.34. The number of ether oxygens (including phenoxy) is 1. The predicted molar refractivity (Wildman–Crippen MR) is 145 cm³/mol. The van der Waals surface area contributed by atoms with E-state index in [4.69, 9.17) is 14.7 Å². The van der Waals surface area contributed by atoms with Crippen LogP contribution < -0.4 is 20.3 Å². The number of nitrogens with zero attached hydrogens (tertiary/aromatic N) is 3. The van der Waals surface area contributed by atoms with Crippen LogP contribution in [0.15, 0.2) is 60.7 Å². The van der Waals surface area contributed by atoms with Gasteiger partial charge >= 0.3 is 0 Å². The number of hydrogen-bond donors (Lipinski definition) is 2. The number of rotatable bonds is 8. The highest BCUT2D eigenvalue weighted by atomic mass is 16.5. The third-order valence-electron chi connectivity index (χ3n) is 7.08. The summed E-state index contributed by atoms with van der Waals surface area (Å²) < 4.78 is 5.65. The van der Waals surface area contributed by atoms with Gasteiger partial charge in [-0.25, -0.2) is 4.98 Å². The number of nitrogens with one attached hydrogen (secondary N) is 2. The van der Waals surface area contributed by atoms with E-state index in [1.165, 1.54) is 29.2 Å². The normalized spacial score (nSPS) is 18.0. The summed E-state index contributed by atoms with van der Waals surface area (Å²) in [6.45, 7) is 1.85. The summed E-state index contributed by atoms with van der Waals surface area (Å²) in [5, 5.41) is 10.9. The molecule has 6 nitrogen and oxygen atoms in total. The summed E-state index contributed by atoms with van der Waals surface area (Å²) in [6.07, 6.45) is 4.68. The van der Waals surface area contributed by atoms with Crippen molar-refractivity contribution in [3.63, 3.8) is 0 Å². The average molecular weight is 470 g/mol. The van der Waals surface area contributed by atoms with E-state index >= 15 is 0 Å². The Bertz CT molecular complexity index is 1300. The van der Waals surface area contributed by atoms with E-state index < -0.39 is 0 Å². The minimum Gasteiger partial charge on any atom is -0.496 e. The number of para-hydroxylation sites is 1. The van der Waals surface area contributed by atoms with E-state index in [0.29, 0.717) is 12.0 Å². The van der Waals surface area contributed by atoms with Crippen LogP contribution in [0.1, 0.15) is 31.2 Å². The van der Waals surface area contributed by atoms with E-state index in [1.54, 1.807) is 7.11 Å². The summed E-state index contributed by atoms with van der Waals surface area (Å²) >= 11 is 0. The average Bonchev–Trinajstić information content (AvgIpc) is 2.88. The minimum absolute atomic E-state index is 0.419. The van der Waals surface area contributed by atoms with Gasteiger partial charge in [0.15, 0.2) is 0 Å². The molecule has 2 N–H and O–H groups in total. The molecule has 0 aliphatic heterocycles. The highest BCUT2D eigenvalue weighted by molar-refractivity contribution is 5.90. The van der Waals surface area contributed by atoms with E-state index in [9.17, 15) is 0 Å². The van der Waals surface area contributed by atoms with Crippen LogP contribution >= 0.6 is 0 Å². The monoisotopic (exact) mass is 469 g/mol. The Morgan fingerprint density at radius 2 is 1.63 bits per heavy atom. The summed E-state index contributed by atoms with van der Waals surface area (Å²) in [5.41, 5.74) is 2.20. The molecule has 4 aromatic rings. The molecule has 1 heterocycles.